The van der Waals surface area contributed by atoms with Crippen LogP contribution in [0.4, 0.5) is 5.69 Å². The van der Waals surface area contributed by atoms with E-state index in [9.17, 15) is 13.2 Å². The molecule has 1 N–H and O–H groups in total. The van der Waals surface area contributed by atoms with Crippen molar-refractivity contribution in [2.75, 3.05) is 23.7 Å². The van der Waals surface area contributed by atoms with E-state index in [4.69, 9.17) is 4.74 Å². The predicted molar refractivity (Wildman–Crippen MR) is 89.9 cm³/mol. The number of sulfonamides is 1. The van der Waals surface area contributed by atoms with Crippen molar-refractivity contribution in [3.8, 4) is 0 Å². The number of hydrogen-bond acceptors (Lipinski definition) is 4. The van der Waals surface area contributed by atoms with Crippen LogP contribution < -0.4 is 9.62 Å². The summed E-state index contributed by atoms with van der Waals surface area (Å²) in [5.41, 5.74) is 1.51. The second-order valence-corrected chi connectivity index (χ2v) is 7.81. The number of benzene rings is 1. The zero-order valence-corrected chi connectivity index (χ0v) is 14.6. The quantitative estimate of drug-likeness (QED) is 0.850. The molecule has 0 unspecified atom stereocenters. The lowest BCUT2D eigenvalue weighted by atomic mass is 10.2. The highest BCUT2D eigenvalue weighted by Gasteiger charge is 2.29. The van der Waals surface area contributed by atoms with Crippen molar-refractivity contribution < 1.29 is 17.9 Å². The predicted octanol–water partition coefficient (Wildman–Crippen LogP) is 1.44. The summed E-state index contributed by atoms with van der Waals surface area (Å²) in [6.45, 7) is 4.64. The molecule has 1 aliphatic heterocycles. The molecule has 1 aliphatic rings. The lowest BCUT2D eigenvalue weighted by Gasteiger charge is -2.28. The molecule has 1 amide bonds. The summed E-state index contributed by atoms with van der Waals surface area (Å²) in [4.78, 5) is 12.4. The molecule has 2 rings (SSSR count). The van der Waals surface area contributed by atoms with E-state index in [0.29, 0.717) is 12.2 Å². The SMILES string of the molecule is Cc1ccc(N([C@H](C)C(=O)NC[C@H]2CCCO2)S(C)(=O)=O)cc1. The highest BCUT2D eigenvalue weighted by atomic mass is 32.2. The van der Waals surface area contributed by atoms with E-state index in [1.54, 1.807) is 19.1 Å². The van der Waals surface area contributed by atoms with Gasteiger partial charge >= 0.3 is 0 Å². The summed E-state index contributed by atoms with van der Waals surface area (Å²) < 4.78 is 30.9. The molecule has 1 heterocycles. The molecule has 23 heavy (non-hydrogen) atoms. The van der Waals surface area contributed by atoms with Crippen LogP contribution in [-0.2, 0) is 19.6 Å². The van der Waals surface area contributed by atoms with E-state index in [2.05, 4.69) is 5.32 Å². The van der Waals surface area contributed by atoms with E-state index in [-0.39, 0.29) is 12.0 Å². The number of nitrogens with zero attached hydrogens (tertiary/aromatic N) is 1. The third-order valence-electron chi connectivity index (χ3n) is 3.90. The van der Waals surface area contributed by atoms with Gasteiger partial charge in [0.1, 0.15) is 6.04 Å². The number of carbonyl (C=O) groups is 1. The van der Waals surface area contributed by atoms with Gasteiger partial charge in [-0.3, -0.25) is 9.10 Å². The van der Waals surface area contributed by atoms with Crippen LogP contribution in [0.2, 0.25) is 0 Å². The van der Waals surface area contributed by atoms with Gasteiger partial charge in [-0.25, -0.2) is 8.42 Å². The molecule has 0 aromatic heterocycles. The lowest BCUT2D eigenvalue weighted by molar-refractivity contribution is -0.122. The van der Waals surface area contributed by atoms with Crippen LogP contribution in [0, 0.1) is 6.92 Å². The molecule has 0 saturated carbocycles. The number of anilines is 1. The van der Waals surface area contributed by atoms with Crippen LogP contribution in [-0.4, -0.2) is 45.9 Å². The van der Waals surface area contributed by atoms with Gasteiger partial charge in [0.15, 0.2) is 0 Å². The first kappa shape index (κ1) is 17.7. The van der Waals surface area contributed by atoms with Crippen LogP contribution in [0.1, 0.15) is 25.3 Å². The number of aryl methyl sites for hydroxylation is 1. The summed E-state index contributed by atoms with van der Waals surface area (Å²) in [7, 11) is -3.57. The van der Waals surface area contributed by atoms with Gasteiger partial charge in [0.05, 0.1) is 18.0 Å². The third kappa shape index (κ3) is 4.68. The molecular formula is C16H24N2O4S. The zero-order valence-electron chi connectivity index (χ0n) is 13.8. The molecule has 0 aliphatic carbocycles. The minimum atomic E-state index is -3.57. The summed E-state index contributed by atoms with van der Waals surface area (Å²) in [6.07, 6.45) is 3.05. The number of nitrogens with one attached hydrogen (secondary N) is 1. The van der Waals surface area contributed by atoms with Crippen molar-refractivity contribution in [3.05, 3.63) is 29.8 Å². The van der Waals surface area contributed by atoms with Gasteiger partial charge in [0, 0.05) is 13.2 Å². The fourth-order valence-electron chi connectivity index (χ4n) is 2.67. The van der Waals surface area contributed by atoms with Crippen LogP contribution in [0.5, 0.6) is 0 Å². The highest BCUT2D eigenvalue weighted by Crippen LogP contribution is 2.21. The Morgan fingerprint density at radius 1 is 1.39 bits per heavy atom. The van der Waals surface area contributed by atoms with Gasteiger partial charge in [-0.05, 0) is 38.8 Å². The van der Waals surface area contributed by atoms with Gasteiger partial charge in [-0.1, -0.05) is 17.7 Å². The van der Waals surface area contributed by atoms with Crippen LogP contribution >= 0.6 is 0 Å². The Kier molecular flexibility index (Phi) is 5.64. The third-order valence-corrected chi connectivity index (χ3v) is 5.15. The molecule has 128 valence electrons. The van der Waals surface area contributed by atoms with Crippen molar-refractivity contribution in [1.29, 1.82) is 0 Å². The largest absolute Gasteiger partial charge is 0.376 e. The van der Waals surface area contributed by atoms with Gasteiger partial charge in [0.25, 0.3) is 0 Å². The van der Waals surface area contributed by atoms with Crippen molar-refractivity contribution >= 4 is 21.6 Å². The Labute approximate surface area is 137 Å². The van der Waals surface area contributed by atoms with Crippen molar-refractivity contribution in [3.63, 3.8) is 0 Å². The van der Waals surface area contributed by atoms with Gasteiger partial charge in [0.2, 0.25) is 15.9 Å². The Morgan fingerprint density at radius 2 is 2.04 bits per heavy atom. The van der Waals surface area contributed by atoms with E-state index >= 15 is 0 Å². The minimum absolute atomic E-state index is 0.0252. The van der Waals surface area contributed by atoms with Crippen LogP contribution in [0.15, 0.2) is 24.3 Å². The average Bonchev–Trinajstić information content (AvgIpc) is 2.99. The summed E-state index contributed by atoms with van der Waals surface area (Å²) >= 11 is 0. The maximum Gasteiger partial charge on any atom is 0.243 e. The Bertz CT molecular complexity index is 637. The van der Waals surface area contributed by atoms with Crippen molar-refractivity contribution in [2.45, 2.75) is 38.8 Å². The van der Waals surface area contributed by atoms with E-state index in [1.165, 1.54) is 0 Å². The Hall–Kier alpha value is -1.60. The first-order chi connectivity index (χ1) is 10.8. The summed E-state index contributed by atoms with van der Waals surface area (Å²) in [5.74, 6) is -0.327. The molecule has 1 fully saturated rings. The number of amides is 1. The van der Waals surface area contributed by atoms with Gasteiger partial charge < -0.3 is 10.1 Å². The molecule has 6 nitrogen and oxygen atoms in total. The van der Waals surface area contributed by atoms with Crippen LogP contribution in [0.25, 0.3) is 0 Å². The van der Waals surface area contributed by atoms with Crippen LogP contribution in [0.3, 0.4) is 0 Å². The minimum Gasteiger partial charge on any atom is -0.376 e. The number of hydrogen-bond donors (Lipinski definition) is 1. The Balaban J connectivity index is 2.11. The highest BCUT2D eigenvalue weighted by molar-refractivity contribution is 7.92. The standard InChI is InChI=1S/C16H24N2O4S/c1-12-6-8-14(9-7-12)18(23(3,20)21)13(2)16(19)17-11-15-5-4-10-22-15/h6-9,13,15H,4-5,10-11H2,1-3H3,(H,17,19)/t13-,15-/m1/s1. The van der Waals surface area contributed by atoms with Gasteiger partial charge in [-0.2, -0.15) is 0 Å². The molecule has 0 spiro atoms. The van der Waals surface area contributed by atoms with E-state index in [0.717, 1.165) is 35.6 Å². The number of rotatable bonds is 6. The molecule has 2 atom stereocenters. The second kappa shape index (κ2) is 7.31. The molecule has 1 aromatic carbocycles. The van der Waals surface area contributed by atoms with E-state index < -0.39 is 16.1 Å². The van der Waals surface area contributed by atoms with Crippen molar-refractivity contribution in [1.82, 2.24) is 5.32 Å². The maximum atomic E-state index is 12.4. The lowest BCUT2D eigenvalue weighted by Crippen LogP contribution is -2.49. The molecule has 7 heteroatoms. The topological polar surface area (TPSA) is 75.7 Å². The maximum absolute atomic E-state index is 12.4. The summed E-state index contributed by atoms with van der Waals surface area (Å²) in [5, 5.41) is 2.79. The Morgan fingerprint density at radius 3 is 2.57 bits per heavy atom. The fraction of sp³-hybridized carbons (Fsp3) is 0.562. The molecule has 1 saturated heterocycles. The zero-order chi connectivity index (χ0) is 17.0. The molecule has 0 bridgehead atoms. The smallest absolute Gasteiger partial charge is 0.243 e. The second-order valence-electron chi connectivity index (χ2n) is 5.95. The molecule has 0 radical (unpaired) electrons. The number of ether oxygens (including phenoxy) is 1. The monoisotopic (exact) mass is 340 g/mol. The first-order valence-electron chi connectivity index (χ1n) is 7.74. The normalized spacial score (nSPS) is 19.3. The fourth-order valence-corrected chi connectivity index (χ4v) is 3.84. The first-order valence-corrected chi connectivity index (χ1v) is 9.59. The summed E-state index contributed by atoms with van der Waals surface area (Å²) in [6, 6.07) is 6.24. The van der Waals surface area contributed by atoms with Gasteiger partial charge in [-0.15, -0.1) is 0 Å². The van der Waals surface area contributed by atoms with Crippen molar-refractivity contribution in [2.24, 2.45) is 0 Å². The average molecular weight is 340 g/mol. The van der Waals surface area contributed by atoms with E-state index in [1.807, 2.05) is 19.1 Å². The molecular weight excluding hydrogens is 316 g/mol. The molecule has 1 aromatic rings. The number of carbonyl (C=O) groups excluding carboxylic acids is 1.